The Labute approximate surface area is 167 Å². The third kappa shape index (κ3) is 4.41. The van der Waals surface area contributed by atoms with Crippen molar-refractivity contribution in [3.05, 3.63) is 53.1 Å². The molecule has 0 bridgehead atoms. The highest BCUT2D eigenvalue weighted by molar-refractivity contribution is 5.55. The Morgan fingerprint density at radius 1 is 1.00 bits per heavy atom. The van der Waals surface area contributed by atoms with Gasteiger partial charge in [0.25, 0.3) is 0 Å². The molecule has 2 aliphatic rings. The van der Waals surface area contributed by atoms with Crippen LogP contribution in [0.3, 0.4) is 0 Å². The second-order valence-corrected chi connectivity index (χ2v) is 7.48. The predicted octanol–water partition coefficient (Wildman–Crippen LogP) is 2.46. The van der Waals surface area contributed by atoms with E-state index in [0.29, 0.717) is 5.75 Å². The highest BCUT2D eigenvalue weighted by Gasteiger charge is 2.20. The number of benzene rings is 2. The van der Waals surface area contributed by atoms with Crippen molar-refractivity contribution in [1.29, 1.82) is 0 Å². The third-order valence-corrected chi connectivity index (χ3v) is 5.47. The molecule has 0 atom stereocenters. The summed E-state index contributed by atoms with van der Waals surface area (Å²) in [5.74, 6) is 2.18. The molecule has 2 aliphatic heterocycles. The number of nitrogens with one attached hydrogen (secondary N) is 1. The Balaban J connectivity index is 1.37. The lowest BCUT2D eigenvalue weighted by Gasteiger charge is -2.32. The van der Waals surface area contributed by atoms with Crippen molar-refractivity contribution >= 4 is 0 Å². The Kier molecular flexibility index (Phi) is 6.00. The Morgan fingerprint density at radius 2 is 1.79 bits per heavy atom. The minimum Gasteiger partial charge on any atom is -0.493 e. The largest absolute Gasteiger partial charge is 0.493 e. The van der Waals surface area contributed by atoms with Gasteiger partial charge in [-0.2, -0.15) is 0 Å². The van der Waals surface area contributed by atoms with Gasteiger partial charge in [-0.05, 0) is 35.9 Å². The normalized spacial score (nSPS) is 17.1. The number of hydrogen-bond donors (Lipinski definition) is 1. The molecular weight excluding hydrogens is 354 g/mol. The molecule has 0 unspecified atom stereocenters. The number of methoxy groups -OCH3 is 1. The van der Waals surface area contributed by atoms with Gasteiger partial charge in [-0.25, -0.2) is 0 Å². The van der Waals surface area contributed by atoms with E-state index in [2.05, 4.69) is 46.4 Å². The van der Waals surface area contributed by atoms with Crippen LogP contribution in [-0.4, -0.2) is 56.9 Å². The second-order valence-electron chi connectivity index (χ2n) is 7.48. The zero-order valence-electron chi connectivity index (χ0n) is 16.7. The number of fused-ring (bicyclic) bond motifs is 1. The lowest BCUT2D eigenvalue weighted by molar-refractivity contribution is 0.148. The summed E-state index contributed by atoms with van der Waals surface area (Å²) in [6.45, 7) is 7.41. The monoisotopic (exact) mass is 383 g/mol. The van der Waals surface area contributed by atoms with E-state index in [9.17, 15) is 0 Å². The van der Waals surface area contributed by atoms with Crippen molar-refractivity contribution in [3.63, 3.8) is 0 Å². The Hall–Kier alpha value is -2.28. The zero-order chi connectivity index (χ0) is 19.3. The van der Waals surface area contributed by atoms with Crippen LogP contribution in [0.5, 0.6) is 17.2 Å². The van der Waals surface area contributed by atoms with Crippen LogP contribution in [0.25, 0.3) is 0 Å². The van der Waals surface area contributed by atoms with Crippen LogP contribution in [0.1, 0.15) is 16.7 Å². The molecule has 2 aromatic carbocycles. The van der Waals surface area contributed by atoms with Crippen LogP contribution in [-0.2, 0) is 19.6 Å². The van der Waals surface area contributed by atoms with E-state index in [4.69, 9.17) is 14.2 Å². The number of ether oxygens (including phenoxy) is 3. The smallest absolute Gasteiger partial charge is 0.231 e. The summed E-state index contributed by atoms with van der Waals surface area (Å²) in [5.41, 5.74) is 3.88. The van der Waals surface area contributed by atoms with Gasteiger partial charge in [0.05, 0.1) is 7.11 Å². The summed E-state index contributed by atoms with van der Waals surface area (Å²) in [6.07, 6.45) is 0. The molecule has 2 heterocycles. The molecule has 6 nitrogen and oxygen atoms in total. The number of piperazine rings is 1. The van der Waals surface area contributed by atoms with E-state index >= 15 is 0 Å². The topological polar surface area (TPSA) is 46.2 Å². The fourth-order valence-electron chi connectivity index (χ4n) is 3.76. The van der Waals surface area contributed by atoms with E-state index < -0.39 is 0 Å². The van der Waals surface area contributed by atoms with Crippen LogP contribution in [0.2, 0.25) is 0 Å². The molecular formula is C22H29N3O3. The predicted molar refractivity (Wildman–Crippen MR) is 109 cm³/mol. The third-order valence-electron chi connectivity index (χ3n) is 5.47. The highest BCUT2D eigenvalue weighted by Crippen LogP contribution is 2.41. The Bertz CT molecular complexity index is 804. The average Bonchev–Trinajstić information content (AvgIpc) is 3.19. The van der Waals surface area contributed by atoms with Gasteiger partial charge in [0.2, 0.25) is 12.5 Å². The van der Waals surface area contributed by atoms with Crippen LogP contribution in [0.4, 0.5) is 0 Å². The molecule has 1 fully saturated rings. The standard InChI is InChI=1S/C22H29N3O3/c1-24-7-9-25(10-8-24)15-19-6-4-3-5-18(19)14-23-13-17-11-20(26-2)22-21(12-17)27-16-28-22/h3-6,11-12,23H,7-10,13-16H2,1-2H3. The second kappa shape index (κ2) is 8.82. The van der Waals surface area contributed by atoms with Crippen molar-refractivity contribution in [1.82, 2.24) is 15.1 Å². The first-order valence-electron chi connectivity index (χ1n) is 9.88. The SMILES string of the molecule is COc1cc(CNCc2ccccc2CN2CCN(C)CC2)cc2c1OCO2. The van der Waals surface area contributed by atoms with Gasteiger partial charge < -0.3 is 24.4 Å². The van der Waals surface area contributed by atoms with Gasteiger partial charge in [-0.15, -0.1) is 0 Å². The summed E-state index contributed by atoms with van der Waals surface area (Å²) in [4.78, 5) is 4.94. The van der Waals surface area contributed by atoms with E-state index in [-0.39, 0.29) is 6.79 Å². The molecule has 0 aromatic heterocycles. The fraction of sp³-hybridized carbons (Fsp3) is 0.455. The molecule has 0 radical (unpaired) electrons. The molecule has 6 heteroatoms. The summed E-state index contributed by atoms with van der Waals surface area (Å²) in [5, 5.41) is 3.57. The van der Waals surface area contributed by atoms with E-state index in [1.807, 2.05) is 12.1 Å². The molecule has 28 heavy (non-hydrogen) atoms. The van der Waals surface area contributed by atoms with Gasteiger partial charge in [-0.1, -0.05) is 24.3 Å². The van der Waals surface area contributed by atoms with Gasteiger partial charge >= 0.3 is 0 Å². The molecule has 150 valence electrons. The first-order chi connectivity index (χ1) is 13.7. The molecule has 1 N–H and O–H groups in total. The quantitative estimate of drug-likeness (QED) is 0.793. The first-order valence-corrected chi connectivity index (χ1v) is 9.88. The van der Waals surface area contributed by atoms with E-state index in [1.165, 1.54) is 11.1 Å². The zero-order valence-corrected chi connectivity index (χ0v) is 16.7. The molecule has 0 saturated carbocycles. The number of likely N-dealkylation sites (N-methyl/N-ethyl adjacent to an activating group) is 1. The van der Waals surface area contributed by atoms with Crippen LogP contribution >= 0.6 is 0 Å². The van der Waals surface area contributed by atoms with Crippen molar-refractivity contribution in [2.24, 2.45) is 0 Å². The van der Waals surface area contributed by atoms with Crippen molar-refractivity contribution < 1.29 is 14.2 Å². The number of hydrogen-bond acceptors (Lipinski definition) is 6. The van der Waals surface area contributed by atoms with E-state index in [1.54, 1.807) is 7.11 Å². The molecule has 1 saturated heterocycles. The molecule has 4 rings (SSSR count). The summed E-state index contributed by atoms with van der Waals surface area (Å²) in [6, 6.07) is 12.8. The summed E-state index contributed by atoms with van der Waals surface area (Å²) in [7, 11) is 3.85. The highest BCUT2D eigenvalue weighted by atomic mass is 16.7. The van der Waals surface area contributed by atoms with Gasteiger partial charge in [0.15, 0.2) is 11.5 Å². The molecule has 2 aromatic rings. The Morgan fingerprint density at radius 3 is 2.57 bits per heavy atom. The number of nitrogens with zero attached hydrogens (tertiary/aromatic N) is 2. The maximum Gasteiger partial charge on any atom is 0.231 e. The number of rotatable bonds is 7. The van der Waals surface area contributed by atoms with Crippen molar-refractivity contribution in [3.8, 4) is 17.2 Å². The van der Waals surface area contributed by atoms with Gasteiger partial charge in [-0.3, -0.25) is 4.90 Å². The van der Waals surface area contributed by atoms with Gasteiger partial charge in [0, 0.05) is 45.8 Å². The van der Waals surface area contributed by atoms with Crippen molar-refractivity contribution in [2.45, 2.75) is 19.6 Å². The first kappa shape index (κ1) is 19.1. The maximum absolute atomic E-state index is 5.52. The van der Waals surface area contributed by atoms with Crippen LogP contribution in [0.15, 0.2) is 36.4 Å². The summed E-state index contributed by atoms with van der Waals surface area (Å²) < 4.78 is 16.4. The summed E-state index contributed by atoms with van der Waals surface area (Å²) >= 11 is 0. The molecule has 0 spiro atoms. The minimum absolute atomic E-state index is 0.252. The fourth-order valence-corrected chi connectivity index (χ4v) is 3.76. The molecule has 0 aliphatic carbocycles. The lowest BCUT2D eigenvalue weighted by atomic mass is 10.1. The van der Waals surface area contributed by atoms with Crippen molar-refractivity contribution in [2.75, 3.05) is 47.1 Å². The molecule has 0 amide bonds. The maximum atomic E-state index is 5.52. The van der Waals surface area contributed by atoms with Crippen LogP contribution < -0.4 is 19.5 Å². The van der Waals surface area contributed by atoms with Gasteiger partial charge in [0.1, 0.15) is 0 Å². The average molecular weight is 383 g/mol. The lowest BCUT2D eigenvalue weighted by Crippen LogP contribution is -2.44. The van der Waals surface area contributed by atoms with Crippen LogP contribution in [0, 0.1) is 0 Å². The van der Waals surface area contributed by atoms with E-state index in [0.717, 1.165) is 62.9 Å². The minimum atomic E-state index is 0.252.